The molecule has 2 heterocycles. The number of aryl methyl sites for hydroxylation is 1. The van der Waals surface area contributed by atoms with E-state index in [9.17, 15) is 33.8 Å². The summed E-state index contributed by atoms with van der Waals surface area (Å²) in [5, 5.41) is 9.92. The number of quaternary nitrogens is 2. The molecule has 1 unspecified atom stereocenters. The lowest BCUT2D eigenvalue weighted by Crippen LogP contribution is -3.11. The zero-order valence-corrected chi connectivity index (χ0v) is 27.2. The van der Waals surface area contributed by atoms with Gasteiger partial charge in [-0.25, -0.2) is 9.59 Å². The molecule has 1 saturated heterocycles. The molecule has 13 nitrogen and oxygen atoms in total. The highest BCUT2D eigenvalue weighted by molar-refractivity contribution is 7.49. The van der Waals surface area contributed by atoms with Crippen molar-refractivity contribution in [3.05, 3.63) is 68.5 Å². The van der Waals surface area contributed by atoms with Crippen LogP contribution < -0.4 is 30.8 Å². The Balaban J connectivity index is 0.000000548. The van der Waals surface area contributed by atoms with Gasteiger partial charge in [-0.3, -0.25) is 14.3 Å². The Hall–Kier alpha value is -2.64. The number of carbonyl (C=O) groups is 1. The Kier molecular flexibility index (Phi) is 16.9. The quantitative estimate of drug-likeness (QED) is 0.169. The van der Waals surface area contributed by atoms with Crippen LogP contribution >= 0.6 is 7.60 Å². The maximum Gasteiger partial charge on any atom is 0.338 e. The molecular formula is C29H49N4O9P. The standard InChI is InChI=1S/C17H19N2O9P.2C6H15N/c1-9-8-19(17(23)18-14(9)20)12-7-11(13(28-12)16(22)29(24,25)26)27-15(21)10-5-3-2-4-6-10;2*1-4-7(5-2)6-3/h2-6,8,11-13,16,22H,7H2,1H3,(H,18,20,23)(H2,24,25,26);2*4-6H2,1-3H3/t11-,12+,13-,16?;;/m0../s1. The molecule has 1 aromatic carbocycles. The number of aliphatic hydroxyl groups excluding tert-OH is 1. The Morgan fingerprint density at radius 3 is 1.93 bits per heavy atom. The summed E-state index contributed by atoms with van der Waals surface area (Å²) < 4.78 is 22.9. The van der Waals surface area contributed by atoms with E-state index in [4.69, 9.17) is 9.47 Å². The number of hydrogen-bond donors (Lipinski definition) is 4. The molecule has 4 N–H and O–H groups in total. The fourth-order valence-corrected chi connectivity index (χ4v) is 5.10. The van der Waals surface area contributed by atoms with Crippen LogP contribution in [0, 0.1) is 6.92 Å². The number of aromatic amines is 1. The predicted octanol–water partition coefficient (Wildman–Crippen LogP) is -1.55. The number of benzene rings is 1. The highest BCUT2D eigenvalue weighted by Crippen LogP contribution is 2.41. The molecular weight excluding hydrogens is 579 g/mol. The molecule has 1 aromatic heterocycles. The summed E-state index contributed by atoms with van der Waals surface area (Å²) >= 11 is 0. The minimum atomic E-state index is -5.51. The van der Waals surface area contributed by atoms with Crippen molar-refractivity contribution in [2.45, 2.75) is 79.2 Å². The maximum atomic E-state index is 12.3. The lowest BCUT2D eigenvalue weighted by molar-refractivity contribution is -0.894. The van der Waals surface area contributed by atoms with E-state index in [1.807, 2.05) is 0 Å². The van der Waals surface area contributed by atoms with Crippen LogP contribution in [-0.4, -0.2) is 77.9 Å². The molecule has 2 aromatic rings. The van der Waals surface area contributed by atoms with Gasteiger partial charge in [0, 0.05) is 18.2 Å². The first kappa shape index (κ1) is 38.4. The Labute approximate surface area is 253 Å². The van der Waals surface area contributed by atoms with Gasteiger partial charge in [-0.05, 0) is 68.2 Å². The van der Waals surface area contributed by atoms with Gasteiger partial charge in [0.15, 0.2) is 0 Å². The van der Waals surface area contributed by atoms with Crippen LogP contribution in [-0.2, 0) is 14.0 Å². The number of nitrogens with one attached hydrogen (secondary N) is 3. The summed E-state index contributed by atoms with van der Waals surface area (Å²) in [6.45, 7) is 22.4. The molecule has 4 atom stereocenters. The highest BCUT2D eigenvalue weighted by Gasteiger charge is 2.44. The van der Waals surface area contributed by atoms with E-state index < -0.39 is 49.1 Å². The number of rotatable bonds is 11. The van der Waals surface area contributed by atoms with Crippen molar-refractivity contribution < 1.29 is 43.5 Å². The van der Waals surface area contributed by atoms with E-state index in [0.717, 1.165) is 4.57 Å². The van der Waals surface area contributed by atoms with Gasteiger partial charge in [0.1, 0.15) is 24.3 Å². The minimum Gasteiger partial charge on any atom is -0.809 e. The number of nitrogens with zero attached hydrogens (tertiary/aromatic N) is 1. The number of ether oxygens (including phenoxy) is 2. The predicted molar refractivity (Wildman–Crippen MR) is 159 cm³/mol. The third kappa shape index (κ3) is 12.1. The van der Waals surface area contributed by atoms with Gasteiger partial charge >= 0.3 is 11.7 Å². The van der Waals surface area contributed by atoms with E-state index in [1.54, 1.807) is 28.0 Å². The molecule has 0 amide bonds. The van der Waals surface area contributed by atoms with Crippen LogP contribution in [0.1, 0.15) is 70.1 Å². The molecule has 14 heteroatoms. The summed E-state index contributed by atoms with van der Waals surface area (Å²) in [5.74, 6) is -3.32. The van der Waals surface area contributed by atoms with Crippen molar-refractivity contribution in [3.63, 3.8) is 0 Å². The van der Waals surface area contributed by atoms with Gasteiger partial charge in [-0.15, -0.1) is 0 Å². The molecule has 43 heavy (non-hydrogen) atoms. The highest BCUT2D eigenvalue weighted by atomic mass is 31.2. The summed E-state index contributed by atoms with van der Waals surface area (Å²) in [7, 11) is -5.51. The van der Waals surface area contributed by atoms with Gasteiger partial charge < -0.3 is 38.7 Å². The van der Waals surface area contributed by atoms with Gasteiger partial charge in [0.25, 0.3) is 5.56 Å². The normalized spacial score (nSPS) is 18.8. The maximum absolute atomic E-state index is 12.3. The monoisotopic (exact) mass is 628 g/mol. The first-order valence-corrected chi connectivity index (χ1v) is 16.5. The molecule has 0 spiro atoms. The van der Waals surface area contributed by atoms with Crippen molar-refractivity contribution in [2.24, 2.45) is 0 Å². The molecule has 0 saturated carbocycles. The van der Waals surface area contributed by atoms with Crippen LogP contribution in [0.4, 0.5) is 0 Å². The number of hydrogen-bond acceptors (Lipinski definition) is 9. The Morgan fingerprint density at radius 2 is 1.51 bits per heavy atom. The van der Waals surface area contributed by atoms with E-state index in [0.29, 0.717) is 0 Å². The van der Waals surface area contributed by atoms with Gasteiger partial charge in [0.2, 0.25) is 0 Å². The first-order valence-electron chi connectivity index (χ1n) is 14.9. The molecule has 0 aliphatic carbocycles. The SMILES string of the molecule is CC[NH+](CC)CC.CC[NH+](CC)CC.Cc1cn([C@H]2C[C@H](OC(=O)c3ccccc3)[C@@H](C(O)P(=O)([O-])[O-])O2)c(=O)[nH]c1=O. The molecule has 0 bridgehead atoms. The molecule has 0 radical (unpaired) electrons. The third-order valence-corrected chi connectivity index (χ3v) is 8.40. The van der Waals surface area contributed by atoms with E-state index in [1.165, 1.54) is 64.5 Å². The third-order valence-electron chi connectivity index (χ3n) is 7.46. The summed E-state index contributed by atoms with van der Waals surface area (Å²) in [6.07, 6.45) is -3.28. The van der Waals surface area contributed by atoms with Crippen LogP contribution in [0.2, 0.25) is 0 Å². The summed E-state index contributed by atoms with van der Waals surface area (Å²) in [6, 6.07) is 7.77. The van der Waals surface area contributed by atoms with E-state index in [-0.39, 0.29) is 17.5 Å². The van der Waals surface area contributed by atoms with Crippen molar-refractivity contribution >= 4 is 13.6 Å². The number of aliphatic hydroxyl groups is 1. The molecule has 1 aliphatic heterocycles. The van der Waals surface area contributed by atoms with Crippen LogP contribution in [0.3, 0.4) is 0 Å². The van der Waals surface area contributed by atoms with Crippen LogP contribution in [0.5, 0.6) is 0 Å². The topological polar surface area (TPSA) is 183 Å². The minimum absolute atomic E-state index is 0.161. The van der Waals surface area contributed by atoms with Crippen molar-refractivity contribution in [1.29, 1.82) is 0 Å². The number of esters is 1. The molecule has 1 fully saturated rings. The smallest absolute Gasteiger partial charge is 0.338 e. The van der Waals surface area contributed by atoms with Gasteiger partial charge in [0.05, 0.1) is 44.8 Å². The van der Waals surface area contributed by atoms with E-state index >= 15 is 0 Å². The Bertz CT molecular complexity index is 1230. The molecule has 3 rings (SSSR count). The lowest BCUT2D eigenvalue weighted by atomic mass is 10.1. The average Bonchev–Trinajstić information content (AvgIpc) is 3.40. The summed E-state index contributed by atoms with van der Waals surface area (Å²) in [4.78, 5) is 64.0. The second kappa shape index (κ2) is 18.9. The van der Waals surface area contributed by atoms with Crippen molar-refractivity contribution in [3.8, 4) is 0 Å². The van der Waals surface area contributed by atoms with Gasteiger partial charge in [-0.2, -0.15) is 0 Å². The fourth-order valence-electron chi connectivity index (χ4n) is 4.47. The van der Waals surface area contributed by atoms with Crippen molar-refractivity contribution in [2.75, 3.05) is 39.3 Å². The number of aromatic nitrogens is 2. The average molecular weight is 629 g/mol. The lowest BCUT2D eigenvalue weighted by Gasteiger charge is -2.38. The second-order valence-corrected chi connectivity index (χ2v) is 11.8. The largest absolute Gasteiger partial charge is 0.809 e. The van der Waals surface area contributed by atoms with Crippen molar-refractivity contribution in [1.82, 2.24) is 9.55 Å². The fraction of sp³-hybridized carbons (Fsp3) is 0.621. The van der Waals surface area contributed by atoms with E-state index in [2.05, 4.69) is 46.5 Å². The number of carbonyl (C=O) groups excluding carboxylic acids is 1. The zero-order chi connectivity index (χ0) is 32.7. The van der Waals surface area contributed by atoms with Crippen LogP contribution in [0.25, 0.3) is 0 Å². The Morgan fingerprint density at radius 1 is 1.02 bits per heavy atom. The first-order chi connectivity index (χ1) is 20.3. The zero-order valence-electron chi connectivity index (χ0n) is 26.3. The second-order valence-electron chi connectivity index (χ2n) is 10.2. The molecule has 1 aliphatic rings. The van der Waals surface area contributed by atoms with Crippen LogP contribution in [0.15, 0.2) is 46.1 Å². The number of H-pyrrole nitrogens is 1. The van der Waals surface area contributed by atoms with Gasteiger partial charge in [-0.1, -0.05) is 18.2 Å². The molecule has 244 valence electrons. The summed E-state index contributed by atoms with van der Waals surface area (Å²) in [5.41, 5.74) is -1.13.